The Morgan fingerprint density at radius 3 is 2.81 bits per heavy atom. The number of hydrogen-bond acceptors (Lipinski definition) is 2. The van der Waals surface area contributed by atoms with Crippen LogP contribution in [0.15, 0.2) is 60.8 Å². The lowest BCUT2D eigenvalue weighted by atomic mass is 9.98. The highest BCUT2D eigenvalue weighted by molar-refractivity contribution is 6.06. The molecule has 1 atom stereocenters. The summed E-state index contributed by atoms with van der Waals surface area (Å²) in [6, 6.07) is 18.2. The summed E-state index contributed by atoms with van der Waals surface area (Å²) >= 11 is 0. The number of nitrogens with zero attached hydrogens (tertiary/aromatic N) is 1. The molecule has 1 N–H and O–H groups in total. The summed E-state index contributed by atoms with van der Waals surface area (Å²) < 4.78 is 5.90. The summed E-state index contributed by atoms with van der Waals surface area (Å²) in [5, 5.41) is 1.000. The second kappa shape index (κ2) is 7.75. The van der Waals surface area contributed by atoms with Gasteiger partial charge in [-0.05, 0) is 30.4 Å². The molecule has 1 aliphatic heterocycles. The number of hydrogen-bond donors (Lipinski definition) is 1. The van der Waals surface area contributed by atoms with Gasteiger partial charge in [0.05, 0.1) is 18.8 Å². The van der Waals surface area contributed by atoms with Gasteiger partial charge in [-0.1, -0.05) is 48.5 Å². The standard InChI is InChI=1S/C22H24N2O2/c25-22(20-13-23-21-11-5-4-10-19(20)21)24-12-6-9-18(14-24)16-26-15-17-7-2-1-3-8-17/h1-5,7-8,10-11,13,18,23H,6,9,12,14-16H2. The molecule has 4 rings (SSSR count). The molecule has 0 saturated carbocycles. The third-order valence-corrected chi connectivity index (χ3v) is 5.09. The predicted molar refractivity (Wildman–Crippen MR) is 103 cm³/mol. The van der Waals surface area contributed by atoms with Crippen molar-refractivity contribution in [1.29, 1.82) is 0 Å². The number of aromatic nitrogens is 1. The van der Waals surface area contributed by atoms with Gasteiger partial charge in [0.2, 0.25) is 0 Å². The fraction of sp³-hybridized carbons (Fsp3) is 0.318. The quantitative estimate of drug-likeness (QED) is 0.750. The molecular formula is C22H24N2O2. The van der Waals surface area contributed by atoms with Crippen LogP contribution in [0.5, 0.6) is 0 Å². The molecule has 0 radical (unpaired) electrons. The number of amides is 1. The van der Waals surface area contributed by atoms with Crippen molar-refractivity contribution in [3.05, 3.63) is 71.9 Å². The van der Waals surface area contributed by atoms with Gasteiger partial charge in [0.25, 0.3) is 5.91 Å². The number of para-hydroxylation sites is 1. The number of fused-ring (bicyclic) bond motifs is 1. The van der Waals surface area contributed by atoms with Gasteiger partial charge in [0, 0.05) is 30.2 Å². The van der Waals surface area contributed by atoms with Gasteiger partial charge >= 0.3 is 0 Å². The SMILES string of the molecule is O=C(c1c[nH]c2ccccc12)N1CCCC(COCc2ccccc2)C1. The molecule has 1 saturated heterocycles. The minimum absolute atomic E-state index is 0.121. The maximum atomic E-state index is 13.0. The van der Waals surface area contributed by atoms with E-state index < -0.39 is 0 Å². The molecule has 134 valence electrons. The summed E-state index contributed by atoms with van der Waals surface area (Å²) in [5.41, 5.74) is 2.97. The highest BCUT2D eigenvalue weighted by Crippen LogP contribution is 2.23. The molecule has 0 spiro atoms. The van der Waals surface area contributed by atoms with Crippen LogP contribution in [0.3, 0.4) is 0 Å². The highest BCUT2D eigenvalue weighted by atomic mass is 16.5. The van der Waals surface area contributed by atoms with Crippen LogP contribution in [0.2, 0.25) is 0 Å². The number of rotatable bonds is 5. The van der Waals surface area contributed by atoms with Gasteiger partial charge in [-0.15, -0.1) is 0 Å². The van der Waals surface area contributed by atoms with Crippen molar-refractivity contribution < 1.29 is 9.53 Å². The molecule has 1 aliphatic rings. The van der Waals surface area contributed by atoms with Gasteiger partial charge in [-0.3, -0.25) is 4.79 Å². The minimum Gasteiger partial charge on any atom is -0.376 e. The number of aromatic amines is 1. The normalized spacial score (nSPS) is 17.5. The van der Waals surface area contributed by atoms with E-state index >= 15 is 0 Å². The fourth-order valence-electron chi connectivity index (χ4n) is 3.72. The molecule has 0 aliphatic carbocycles. The van der Waals surface area contributed by atoms with E-state index in [1.807, 2.05) is 53.6 Å². The Kier molecular flexibility index (Phi) is 5.02. The Labute approximate surface area is 153 Å². The van der Waals surface area contributed by atoms with Crippen LogP contribution in [0.25, 0.3) is 10.9 Å². The van der Waals surface area contributed by atoms with E-state index in [0.717, 1.165) is 42.4 Å². The van der Waals surface area contributed by atoms with Crippen molar-refractivity contribution in [3.63, 3.8) is 0 Å². The molecule has 1 aromatic heterocycles. The van der Waals surface area contributed by atoms with Crippen molar-refractivity contribution in [1.82, 2.24) is 9.88 Å². The third-order valence-electron chi connectivity index (χ3n) is 5.09. The molecule has 2 heterocycles. The summed E-state index contributed by atoms with van der Waals surface area (Å²) in [7, 11) is 0. The van der Waals surface area contributed by atoms with Crippen LogP contribution in [-0.2, 0) is 11.3 Å². The third kappa shape index (κ3) is 3.65. The topological polar surface area (TPSA) is 45.3 Å². The monoisotopic (exact) mass is 348 g/mol. The van der Waals surface area contributed by atoms with Crippen LogP contribution in [-0.4, -0.2) is 35.5 Å². The average molecular weight is 348 g/mol. The van der Waals surface area contributed by atoms with E-state index in [-0.39, 0.29) is 5.91 Å². The maximum absolute atomic E-state index is 13.0. The molecule has 3 aromatic rings. The Morgan fingerprint density at radius 2 is 1.92 bits per heavy atom. The fourth-order valence-corrected chi connectivity index (χ4v) is 3.72. The van der Waals surface area contributed by atoms with Crippen molar-refractivity contribution in [3.8, 4) is 0 Å². The zero-order chi connectivity index (χ0) is 17.8. The molecule has 1 fully saturated rings. The van der Waals surface area contributed by atoms with Crippen LogP contribution < -0.4 is 0 Å². The Morgan fingerprint density at radius 1 is 1.12 bits per heavy atom. The second-order valence-electron chi connectivity index (χ2n) is 7.01. The van der Waals surface area contributed by atoms with Gasteiger partial charge < -0.3 is 14.6 Å². The van der Waals surface area contributed by atoms with Crippen molar-refractivity contribution in [2.24, 2.45) is 5.92 Å². The van der Waals surface area contributed by atoms with E-state index in [9.17, 15) is 4.79 Å². The molecule has 1 amide bonds. The lowest BCUT2D eigenvalue weighted by Gasteiger charge is -2.32. The Hall–Kier alpha value is -2.59. The van der Waals surface area contributed by atoms with Crippen LogP contribution in [0.4, 0.5) is 0 Å². The lowest BCUT2D eigenvalue weighted by Crippen LogP contribution is -2.41. The van der Waals surface area contributed by atoms with Gasteiger partial charge in [0.1, 0.15) is 0 Å². The van der Waals surface area contributed by atoms with E-state index in [4.69, 9.17) is 4.74 Å². The van der Waals surface area contributed by atoms with Crippen LogP contribution in [0, 0.1) is 5.92 Å². The molecule has 0 bridgehead atoms. The van der Waals surface area contributed by atoms with Gasteiger partial charge in [-0.2, -0.15) is 0 Å². The highest BCUT2D eigenvalue weighted by Gasteiger charge is 2.26. The van der Waals surface area contributed by atoms with Crippen LogP contribution >= 0.6 is 0 Å². The lowest BCUT2D eigenvalue weighted by molar-refractivity contribution is 0.0427. The van der Waals surface area contributed by atoms with E-state index in [1.165, 1.54) is 5.56 Å². The second-order valence-corrected chi connectivity index (χ2v) is 7.01. The molecular weight excluding hydrogens is 324 g/mol. The Bertz CT molecular complexity index is 872. The number of ether oxygens (including phenoxy) is 1. The summed E-state index contributed by atoms with van der Waals surface area (Å²) in [5.74, 6) is 0.525. The number of piperidine rings is 1. The molecule has 2 aromatic carbocycles. The predicted octanol–water partition coefficient (Wildman–Crippen LogP) is 4.24. The number of carbonyl (C=O) groups excluding carboxylic acids is 1. The number of likely N-dealkylation sites (tertiary alicyclic amines) is 1. The number of nitrogens with one attached hydrogen (secondary N) is 1. The summed E-state index contributed by atoms with van der Waals surface area (Å²) in [6.07, 6.45) is 3.99. The smallest absolute Gasteiger partial charge is 0.256 e. The molecule has 4 nitrogen and oxygen atoms in total. The molecule has 1 unspecified atom stereocenters. The minimum atomic E-state index is 0.121. The first-order valence-corrected chi connectivity index (χ1v) is 9.28. The van der Waals surface area contributed by atoms with Gasteiger partial charge in [-0.25, -0.2) is 0 Å². The number of carbonyl (C=O) groups is 1. The van der Waals surface area contributed by atoms with Crippen molar-refractivity contribution in [2.45, 2.75) is 19.4 Å². The first kappa shape index (κ1) is 16.9. The number of benzene rings is 2. The van der Waals surface area contributed by atoms with Crippen LogP contribution in [0.1, 0.15) is 28.8 Å². The number of H-pyrrole nitrogens is 1. The van der Waals surface area contributed by atoms with Crippen molar-refractivity contribution >= 4 is 16.8 Å². The van der Waals surface area contributed by atoms with E-state index in [0.29, 0.717) is 19.1 Å². The average Bonchev–Trinajstić information content (AvgIpc) is 3.13. The Balaban J connectivity index is 1.36. The van der Waals surface area contributed by atoms with Gasteiger partial charge in [0.15, 0.2) is 0 Å². The van der Waals surface area contributed by atoms with E-state index in [1.54, 1.807) is 0 Å². The zero-order valence-corrected chi connectivity index (χ0v) is 14.9. The van der Waals surface area contributed by atoms with Crippen molar-refractivity contribution in [2.75, 3.05) is 19.7 Å². The first-order valence-electron chi connectivity index (χ1n) is 9.28. The maximum Gasteiger partial charge on any atom is 0.256 e. The molecule has 26 heavy (non-hydrogen) atoms. The zero-order valence-electron chi connectivity index (χ0n) is 14.9. The summed E-state index contributed by atoms with van der Waals surface area (Å²) in [6.45, 7) is 2.93. The first-order chi connectivity index (χ1) is 12.8. The molecule has 4 heteroatoms. The summed E-state index contributed by atoms with van der Waals surface area (Å²) in [4.78, 5) is 18.2. The largest absolute Gasteiger partial charge is 0.376 e. The van der Waals surface area contributed by atoms with E-state index in [2.05, 4.69) is 17.1 Å².